The van der Waals surface area contributed by atoms with Crippen LogP contribution in [0.4, 0.5) is 0 Å². The highest BCUT2D eigenvalue weighted by atomic mass is 16.5. The summed E-state index contributed by atoms with van der Waals surface area (Å²) < 4.78 is 6.24. The summed E-state index contributed by atoms with van der Waals surface area (Å²) in [6, 6.07) is 5.46. The summed E-state index contributed by atoms with van der Waals surface area (Å²) in [5.41, 5.74) is 1.62. The fourth-order valence-corrected chi connectivity index (χ4v) is 1.61. The van der Waals surface area contributed by atoms with E-state index in [9.17, 15) is 9.59 Å². The van der Waals surface area contributed by atoms with Crippen LogP contribution >= 0.6 is 0 Å². The topological polar surface area (TPSA) is 61.2 Å². The monoisotopic (exact) mass is 232 g/mol. The van der Waals surface area contributed by atoms with Crippen molar-refractivity contribution in [2.45, 2.75) is 20.5 Å². The molecule has 0 saturated carbocycles. The summed E-state index contributed by atoms with van der Waals surface area (Å²) >= 11 is 0. The normalized spacial score (nSPS) is 10.5. The van der Waals surface area contributed by atoms with Crippen LogP contribution in [0.1, 0.15) is 24.2 Å². The first-order valence-corrected chi connectivity index (χ1v) is 5.19. The van der Waals surface area contributed by atoms with Crippen LogP contribution in [0.5, 0.6) is 0 Å². The Balaban J connectivity index is 2.32. The van der Waals surface area contributed by atoms with Crippen LogP contribution in [0.15, 0.2) is 24.4 Å². The van der Waals surface area contributed by atoms with E-state index < -0.39 is 0 Å². The molecule has 1 aromatic heterocycles. The lowest BCUT2D eigenvalue weighted by Crippen LogP contribution is -2.06. The van der Waals surface area contributed by atoms with Crippen molar-refractivity contribution < 1.29 is 14.3 Å². The van der Waals surface area contributed by atoms with Crippen LogP contribution in [-0.2, 0) is 16.1 Å². The standard InChI is InChI=1S/C12H12N2O3/c1-8(15)14-12-4-3-10(7-17-9(2)16)5-11(12)6-13-14/h3-6H,7H2,1-2H3. The van der Waals surface area contributed by atoms with Gasteiger partial charge in [0.1, 0.15) is 6.61 Å². The number of ether oxygens (including phenoxy) is 1. The molecule has 0 aliphatic heterocycles. The molecule has 0 unspecified atom stereocenters. The summed E-state index contributed by atoms with van der Waals surface area (Å²) in [5.74, 6) is -0.447. The SMILES string of the molecule is CC(=O)OCc1ccc2c(cnn2C(C)=O)c1. The highest BCUT2D eigenvalue weighted by molar-refractivity contribution is 5.89. The summed E-state index contributed by atoms with van der Waals surface area (Å²) in [4.78, 5) is 21.9. The van der Waals surface area contributed by atoms with E-state index >= 15 is 0 Å². The molecule has 5 nitrogen and oxygen atoms in total. The first-order chi connectivity index (χ1) is 8.08. The predicted molar refractivity (Wildman–Crippen MR) is 61.5 cm³/mol. The van der Waals surface area contributed by atoms with Gasteiger partial charge in [-0.15, -0.1) is 0 Å². The van der Waals surface area contributed by atoms with Gasteiger partial charge in [0.2, 0.25) is 5.91 Å². The summed E-state index contributed by atoms with van der Waals surface area (Å²) in [6.07, 6.45) is 1.62. The number of carbonyl (C=O) groups excluding carboxylic acids is 2. The third-order valence-corrected chi connectivity index (χ3v) is 2.37. The fourth-order valence-electron chi connectivity index (χ4n) is 1.61. The van der Waals surface area contributed by atoms with Crippen LogP contribution in [0.3, 0.4) is 0 Å². The molecular weight excluding hydrogens is 220 g/mol. The Kier molecular flexibility index (Phi) is 2.91. The molecule has 0 spiro atoms. The van der Waals surface area contributed by atoms with Gasteiger partial charge in [-0.2, -0.15) is 5.10 Å². The van der Waals surface area contributed by atoms with Crippen molar-refractivity contribution in [3.63, 3.8) is 0 Å². The molecule has 88 valence electrons. The molecule has 0 bridgehead atoms. The summed E-state index contributed by atoms with van der Waals surface area (Å²) in [6.45, 7) is 3.06. The molecule has 0 radical (unpaired) electrons. The number of carbonyl (C=O) groups is 2. The molecule has 0 N–H and O–H groups in total. The van der Waals surface area contributed by atoms with Gasteiger partial charge in [-0.25, -0.2) is 4.68 Å². The van der Waals surface area contributed by atoms with E-state index in [0.717, 1.165) is 16.5 Å². The van der Waals surface area contributed by atoms with Gasteiger partial charge in [0.05, 0.1) is 11.7 Å². The van der Waals surface area contributed by atoms with Crippen molar-refractivity contribution in [3.05, 3.63) is 30.0 Å². The molecule has 0 amide bonds. The number of fused-ring (bicyclic) bond motifs is 1. The van der Waals surface area contributed by atoms with Gasteiger partial charge in [-0.1, -0.05) is 6.07 Å². The minimum Gasteiger partial charge on any atom is -0.461 e. The lowest BCUT2D eigenvalue weighted by atomic mass is 10.2. The molecule has 1 heterocycles. The lowest BCUT2D eigenvalue weighted by molar-refractivity contribution is -0.142. The molecule has 0 aliphatic carbocycles. The minimum atomic E-state index is -0.315. The van der Waals surface area contributed by atoms with Crippen molar-refractivity contribution in [1.82, 2.24) is 9.78 Å². The Morgan fingerprint density at radius 2 is 2.12 bits per heavy atom. The Morgan fingerprint density at radius 1 is 1.35 bits per heavy atom. The van der Waals surface area contributed by atoms with Crippen molar-refractivity contribution >= 4 is 22.8 Å². The van der Waals surface area contributed by atoms with E-state index in [2.05, 4.69) is 5.10 Å². The van der Waals surface area contributed by atoms with Crippen molar-refractivity contribution in [3.8, 4) is 0 Å². The number of esters is 1. The van der Waals surface area contributed by atoms with Crippen LogP contribution in [-0.4, -0.2) is 21.7 Å². The van der Waals surface area contributed by atoms with Crippen molar-refractivity contribution in [1.29, 1.82) is 0 Å². The van der Waals surface area contributed by atoms with E-state index in [0.29, 0.717) is 0 Å². The quantitative estimate of drug-likeness (QED) is 0.740. The molecule has 0 aliphatic rings. The first-order valence-electron chi connectivity index (χ1n) is 5.19. The number of rotatable bonds is 2. The number of hydrogen-bond acceptors (Lipinski definition) is 4. The fraction of sp³-hybridized carbons (Fsp3) is 0.250. The highest BCUT2D eigenvalue weighted by Gasteiger charge is 2.07. The van der Waals surface area contributed by atoms with Gasteiger partial charge in [-0.3, -0.25) is 9.59 Å². The lowest BCUT2D eigenvalue weighted by Gasteiger charge is -2.02. The van der Waals surface area contributed by atoms with Gasteiger partial charge in [0.25, 0.3) is 0 Å². The Morgan fingerprint density at radius 3 is 2.76 bits per heavy atom. The number of hydrogen-bond donors (Lipinski definition) is 0. The van der Waals surface area contributed by atoms with E-state index in [1.165, 1.54) is 18.5 Å². The first kappa shape index (κ1) is 11.3. The molecule has 0 fully saturated rings. The van der Waals surface area contributed by atoms with Crippen molar-refractivity contribution in [2.24, 2.45) is 0 Å². The predicted octanol–water partition coefficient (Wildman–Crippen LogP) is 1.76. The molecule has 2 rings (SSSR count). The average Bonchev–Trinajstić information content (AvgIpc) is 2.69. The summed E-state index contributed by atoms with van der Waals surface area (Å²) in [7, 11) is 0. The third-order valence-electron chi connectivity index (χ3n) is 2.37. The minimum absolute atomic E-state index is 0.132. The van der Waals surface area contributed by atoms with Gasteiger partial charge in [-0.05, 0) is 17.7 Å². The third kappa shape index (κ3) is 2.33. The molecule has 1 aromatic carbocycles. The van der Waals surface area contributed by atoms with Gasteiger partial charge < -0.3 is 4.74 Å². The van der Waals surface area contributed by atoms with E-state index in [1.54, 1.807) is 12.3 Å². The van der Waals surface area contributed by atoms with Crippen molar-refractivity contribution in [2.75, 3.05) is 0 Å². The largest absolute Gasteiger partial charge is 0.461 e. The second-order valence-corrected chi connectivity index (χ2v) is 3.75. The number of benzene rings is 1. The smallest absolute Gasteiger partial charge is 0.302 e. The Bertz CT molecular complexity index is 586. The van der Waals surface area contributed by atoms with Crippen LogP contribution < -0.4 is 0 Å². The van der Waals surface area contributed by atoms with E-state index in [4.69, 9.17) is 4.74 Å². The average molecular weight is 232 g/mol. The molecule has 2 aromatic rings. The van der Waals surface area contributed by atoms with Crippen LogP contribution in [0.2, 0.25) is 0 Å². The van der Waals surface area contributed by atoms with E-state index in [1.807, 2.05) is 12.1 Å². The number of nitrogens with zero attached hydrogens (tertiary/aromatic N) is 2. The maximum atomic E-state index is 11.3. The molecule has 0 atom stereocenters. The Labute approximate surface area is 98.0 Å². The zero-order valence-electron chi connectivity index (χ0n) is 9.64. The molecule has 0 saturated heterocycles. The van der Waals surface area contributed by atoms with Crippen LogP contribution in [0.25, 0.3) is 10.9 Å². The second-order valence-electron chi connectivity index (χ2n) is 3.75. The van der Waals surface area contributed by atoms with Crippen LogP contribution in [0, 0.1) is 0 Å². The second kappa shape index (κ2) is 4.37. The number of aromatic nitrogens is 2. The summed E-state index contributed by atoms with van der Waals surface area (Å²) in [5, 5.41) is 4.84. The Hall–Kier alpha value is -2.17. The highest BCUT2D eigenvalue weighted by Crippen LogP contribution is 2.16. The molecule has 5 heteroatoms. The maximum Gasteiger partial charge on any atom is 0.302 e. The molecular formula is C12H12N2O3. The van der Waals surface area contributed by atoms with E-state index in [-0.39, 0.29) is 18.5 Å². The zero-order valence-corrected chi connectivity index (χ0v) is 9.64. The maximum absolute atomic E-state index is 11.3. The van der Waals surface area contributed by atoms with Gasteiger partial charge >= 0.3 is 5.97 Å². The molecule has 17 heavy (non-hydrogen) atoms. The van der Waals surface area contributed by atoms with Gasteiger partial charge in [0.15, 0.2) is 0 Å². The van der Waals surface area contributed by atoms with Gasteiger partial charge in [0, 0.05) is 19.2 Å². The zero-order chi connectivity index (χ0) is 12.4.